The van der Waals surface area contributed by atoms with E-state index in [2.05, 4.69) is 15.3 Å². The molecule has 0 spiro atoms. The highest BCUT2D eigenvalue weighted by Gasteiger charge is 2.42. The Bertz CT molecular complexity index is 1080. The summed E-state index contributed by atoms with van der Waals surface area (Å²) in [5.41, 5.74) is 1.54. The van der Waals surface area contributed by atoms with Crippen LogP contribution in [0.1, 0.15) is 17.7 Å². The molecule has 1 heterocycles. The molecule has 0 radical (unpaired) electrons. The molecule has 8 heteroatoms. The van der Waals surface area contributed by atoms with Gasteiger partial charge in [0.2, 0.25) is 0 Å². The van der Waals surface area contributed by atoms with Crippen molar-refractivity contribution in [2.24, 2.45) is 11.8 Å². The van der Waals surface area contributed by atoms with Crippen LogP contribution < -0.4 is 5.32 Å². The predicted molar refractivity (Wildman–Crippen MR) is 113 cm³/mol. The molecule has 1 fully saturated rings. The van der Waals surface area contributed by atoms with Crippen LogP contribution in [0.5, 0.6) is 0 Å². The third-order valence-corrected chi connectivity index (χ3v) is 6.09. The summed E-state index contributed by atoms with van der Waals surface area (Å²) in [5.74, 6) is -2.50. The number of benzene rings is 2. The molecule has 4 atom stereocenters. The molecule has 1 aliphatic rings. The topological polar surface area (TPSA) is 78.3 Å². The highest BCUT2D eigenvalue weighted by atomic mass is 19.2. The smallest absolute Gasteiger partial charge is 0.162 e. The molecular weight excluding hydrogens is 419 g/mol. The van der Waals surface area contributed by atoms with Gasteiger partial charge in [0, 0.05) is 37.0 Å². The monoisotopic (exact) mass is 443 g/mol. The van der Waals surface area contributed by atoms with Gasteiger partial charge in [0.1, 0.15) is 5.82 Å². The minimum atomic E-state index is -0.915. The quantitative estimate of drug-likeness (QED) is 0.523. The fourth-order valence-corrected chi connectivity index (χ4v) is 4.40. The Morgan fingerprint density at radius 3 is 2.53 bits per heavy atom. The maximum atomic E-state index is 14.2. The van der Waals surface area contributed by atoms with Gasteiger partial charge in [0.05, 0.1) is 11.7 Å². The minimum Gasteiger partial charge on any atom is -0.396 e. The third-order valence-electron chi connectivity index (χ3n) is 6.09. The molecule has 2 aromatic carbocycles. The molecule has 5 nitrogen and oxygen atoms in total. The summed E-state index contributed by atoms with van der Waals surface area (Å²) in [4.78, 5) is 8.68. The summed E-state index contributed by atoms with van der Waals surface area (Å²) in [6.07, 6.45) is 1.69. The van der Waals surface area contributed by atoms with E-state index < -0.39 is 23.6 Å². The van der Waals surface area contributed by atoms with Crippen LogP contribution in [0.15, 0.2) is 54.7 Å². The SMILES string of the molecule is OC[C@@H]1[C@@H](Cc2ccnc(-c3ccccc3F)n2)[C@H](NCc2ccc(F)c(F)c2)C[C@H]1O. The highest BCUT2D eigenvalue weighted by Crippen LogP contribution is 2.35. The molecule has 1 saturated carbocycles. The molecule has 32 heavy (non-hydrogen) atoms. The standard InChI is InChI=1S/C24H24F3N3O2/c25-19-4-2-1-3-16(19)24-28-8-7-15(30-24)10-17-18(13-31)23(32)11-22(17)29-12-14-5-6-20(26)21(27)9-14/h1-9,17-18,22-23,29,31-32H,10-13H2/t17-,18-,22-,23-/m1/s1. The first-order valence-electron chi connectivity index (χ1n) is 10.5. The first-order chi connectivity index (χ1) is 15.5. The molecule has 3 N–H and O–H groups in total. The van der Waals surface area contributed by atoms with Gasteiger partial charge in [-0.05, 0) is 54.7 Å². The molecule has 0 bridgehead atoms. The number of nitrogens with one attached hydrogen (secondary N) is 1. The van der Waals surface area contributed by atoms with Gasteiger partial charge < -0.3 is 15.5 Å². The normalized spacial score (nSPS) is 22.9. The number of aliphatic hydroxyl groups is 2. The summed E-state index contributed by atoms with van der Waals surface area (Å²) >= 11 is 0. The molecule has 3 aromatic rings. The third kappa shape index (κ3) is 4.82. The average Bonchev–Trinajstić information content (AvgIpc) is 3.09. The van der Waals surface area contributed by atoms with Crippen molar-refractivity contribution in [3.05, 3.63) is 83.4 Å². The molecule has 0 amide bonds. The number of hydrogen-bond acceptors (Lipinski definition) is 5. The number of hydrogen-bond donors (Lipinski definition) is 3. The van der Waals surface area contributed by atoms with Gasteiger partial charge in [-0.3, -0.25) is 0 Å². The van der Waals surface area contributed by atoms with Gasteiger partial charge in [0.25, 0.3) is 0 Å². The highest BCUT2D eigenvalue weighted by molar-refractivity contribution is 5.55. The number of aliphatic hydroxyl groups excluding tert-OH is 2. The number of halogens is 3. The van der Waals surface area contributed by atoms with Gasteiger partial charge in [-0.1, -0.05) is 18.2 Å². The molecule has 1 aliphatic carbocycles. The lowest BCUT2D eigenvalue weighted by Crippen LogP contribution is -2.36. The second-order valence-corrected chi connectivity index (χ2v) is 8.10. The molecule has 1 aromatic heterocycles. The molecule has 168 valence electrons. The van der Waals surface area contributed by atoms with E-state index in [-0.39, 0.29) is 36.9 Å². The number of aromatic nitrogens is 2. The minimum absolute atomic E-state index is 0.163. The van der Waals surface area contributed by atoms with E-state index in [1.807, 2.05) is 0 Å². The molecule has 0 aliphatic heterocycles. The Labute approximate surface area is 184 Å². The van der Waals surface area contributed by atoms with Crippen LogP contribution in [0.4, 0.5) is 13.2 Å². The molecular formula is C24H24F3N3O2. The van der Waals surface area contributed by atoms with E-state index in [1.54, 1.807) is 30.5 Å². The van der Waals surface area contributed by atoms with Crippen molar-refractivity contribution in [1.29, 1.82) is 0 Å². The Hall–Kier alpha value is -2.81. The predicted octanol–water partition coefficient (Wildman–Crippen LogP) is 3.25. The zero-order valence-corrected chi connectivity index (χ0v) is 17.3. The fourth-order valence-electron chi connectivity index (χ4n) is 4.40. The summed E-state index contributed by atoms with van der Waals surface area (Å²) in [5, 5.41) is 23.6. The van der Waals surface area contributed by atoms with Crippen LogP contribution >= 0.6 is 0 Å². The van der Waals surface area contributed by atoms with Crippen molar-refractivity contribution in [1.82, 2.24) is 15.3 Å². The molecule has 0 saturated heterocycles. The van der Waals surface area contributed by atoms with E-state index in [4.69, 9.17) is 0 Å². The Balaban J connectivity index is 1.52. The average molecular weight is 443 g/mol. The van der Waals surface area contributed by atoms with Gasteiger partial charge in [-0.25, -0.2) is 23.1 Å². The summed E-state index contributed by atoms with van der Waals surface area (Å²) < 4.78 is 40.8. The van der Waals surface area contributed by atoms with Crippen molar-refractivity contribution in [3.63, 3.8) is 0 Å². The summed E-state index contributed by atoms with van der Waals surface area (Å²) in [6.45, 7) is 0.0912. The van der Waals surface area contributed by atoms with E-state index in [0.717, 1.165) is 12.1 Å². The largest absolute Gasteiger partial charge is 0.396 e. The molecule has 0 unspecified atom stereocenters. The lowest BCUT2D eigenvalue weighted by atomic mass is 9.88. The zero-order chi connectivity index (χ0) is 22.7. The van der Waals surface area contributed by atoms with Crippen LogP contribution in [0.25, 0.3) is 11.4 Å². The van der Waals surface area contributed by atoms with Gasteiger partial charge in [0.15, 0.2) is 17.5 Å². The van der Waals surface area contributed by atoms with Crippen LogP contribution in [-0.4, -0.2) is 38.9 Å². The van der Waals surface area contributed by atoms with Crippen molar-refractivity contribution in [2.45, 2.75) is 31.5 Å². The van der Waals surface area contributed by atoms with Gasteiger partial charge >= 0.3 is 0 Å². The van der Waals surface area contributed by atoms with Crippen molar-refractivity contribution in [3.8, 4) is 11.4 Å². The van der Waals surface area contributed by atoms with Crippen molar-refractivity contribution >= 4 is 0 Å². The van der Waals surface area contributed by atoms with Crippen LogP contribution in [0.2, 0.25) is 0 Å². The van der Waals surface area contributed by atoms with Crippen LogP contribution in [0, 0.1) is 29.3 Å². The lowest BCUT2D eigenvalue weighted by Gasteiger charge is -2.25. The first-order valence-corrected chi connectivity index (χ1v) is 10.5. The molecule has 4 rings (SSSR count). The Morgan fingerprint density at radius 1 is 0.969 bits per heavy atom. The van der Waals surface area contributed by atoms with Crippen LogP contribution in [-0.2, 0) is 13.0 Å². The maximum absolute atomic E-state index is 14.2. The van der Waals surface area contributed by atoms with E-state index >= 15 is 0 Å². The first kappa shape index (κ1) is 22.4. The van der Waals surface area contributed by atoms with Gasteiger partial charge in [-0.2, -0.15) is 0 Å². The summed E-state index contributed by atoms with van der Waals surface area (Å²) in [6, 6.07) is 11.5. The van der Waals surface area contributed by atoms with Crippen LogP contribution in [0.3, 0.4) is 0 Å². The lowest BCUT2D eigenvalue weighted by molar-refractivity contribution is 0.0716. The van der Waals surface area contributed by atoms with Crippen molar-refractivity contribution < 1.29 is 23.4 Å². The fraction of sp³-hybridized carbons (Fsp3) is 0.333. The Kier molecular flexibility index (Phi) is 6.83. The Morgan fingerprint density at radius 2 is 1.78 bits per heavy atom. The number of nitrogens with zero attached hydrogens (tertiary/aromatic N) is 2. The second kappa shape index (κ2) is 9.77. The second-order valence-electron chi connectivity index (χ2n) is 8.10. The van der Waals surface area contributed by atoms with Gasteiger partial charge in [-0.15, -0.1) is 0 Å². The van der Waals surface area contributed by atoms with E-state index in [0.29, 0.717) is 29.7 Å². The van der Waals surface area contributed by atoms with E-state index in [1.165, 1.54) is 12.1 Å². The van der Waals surface area contributed by atoms with Crippen molar-refractivity contribution in [2.75, 3.05) is 6.61 Å². The maximum Gasteiger partial charge on any atom is 0.162 e. The summed E-state index contributed by atoms with van der Waals surface area (Å²) in [7, 11) is 0. The van der Waals surface area contributed by atoms with E-state index in [9.17, 15) is 23.4 Å². The zero-order valence-electron chi connectivity index (χ0n) is 17.3. The number of rotatable bonds is 7.